The first-order chi connectivity index (χ1) is 6.15. The fraction of sp³-hybridized carbons (Fsp3) is 0.429. The molecule has 1 heterocycles. The van der Waals surface area contributed by atoms with E-state index in [-0.39, 0.29) is 10.3 Å². The third-order valence-corrected chi connectivity index (χ3v) is 2.02. The molecular weight excluding hydrogens is 213 g/mol. The van der Waals surface area contributed by atoms with Crippen LogP contribution in [0.15, 0.2) is 6.07 Å². The largest absolute Gasteiger partial charge is 0.388 e. The zero-order valence-corrected chi connectivity index (χ0v) is 8.26. The Morgan fingerprint density at radius 2 is 2.15 bits per heavy atom. The van der Waals surface area contributed by atoms with Gasteiger partial charge in [0.15, 0.2) is 10.3 Å². The van der Waals surface area contributed by atoms with Gasteiger partial charge in [-0.2, -0.15) is 0 Å². The summed E-state index contributed by atoms with van der Waals surface area (Å²) in [6.45, 7) is 0.372. The average molecular weight is 222 g/mol. The molecule has 0 radical (unpaired) electrons. The molecule has 0 bridgehead atoms. The molecule has 6 heteroatoms. The van der Waals surface area contributed by atoms with Crippen molar-refractivity contribution in [3.63, 3.8) is 0 Å². The quantitative estimate of drug-likeness (QED) is 0.804. The Kier molecular flexibility index (Phi) is 3.87. The predicted molar refractivity (Wildman–Crippen MR) is 50.7 cm³/mol. The van der Waals surface area contributed by atoms with Crippen molar-refractivity contribution in [2.24, 2.45) is 5.73 Å². The highest BCUT2D eigenvalue weighted by Gasteiger charge is 2.12. The molecule has 0 aliphatic rings. The number of hydrogen-bond acceptors (Lipinski definition) is 4. The lowest BCUT2D eigenvalue weighted by atomic mass is 10.1. The van der Waals surface area contributed by atoms with Crippen molar-refractivity contribution in [1.82, 2.24) is 10.2 Å². The van der Waals surface area contributed by atoms with E-state index in [2.05, 4.69) is 10.2 Å². The third kappa shape index (κ3) is 2.77. The highest BCUT2D eigenvalue weighted by atomic mass is 35.5. The van der Waals surface area contributed by atoms with Crippen LogP contribution in [0.2, 0.25) is 10.3 Å². The second-order valence-corrected chi connectivity index (χ2v) is 3.25. The summed E-state index contributed by atoms with van der Waals surface area (Å²) in [6, 6.07) is 1.48. The number of nitrogens with zero attached hydrogens (tertiary/aromatic N) is 2. The summed E-state index contributed by atoms with van der Waals surface area (Å²) in [6.07, 6.45) is -0.313. The molecule has 0 amide bonds. The van der Waals surface area contributed by atoms with Crippen molar-refractivity contribution >= 4 is 23.2 Å². The van der Waals surface area contributed by atoms with Gasteiger partial charge in [-0.25, -0.2) is 0 Å². The monoisotopic (exact) mass is 221 g/mol. The number of rotatable bonds is 3. The molecule has 0 aromatic carbocycles. The van der Waals surface area contributed by atoms with Crippen LogP contribution in [-0.2, 0) is 0 Å². The third-order valence-electron chi connectivity index (χ3n) is 1.55. The Morgan fingerprint density at radius 3 is 2.77 bits per heavy atom. The Hall–Kier alpha value is -0.420. The SMILES string of the molecule is NCC[C@@H](O)c1cc(Cl)nnc1Cl. The van der Waals surface area contributed by atoms with Gasteiger partial charge in [0.1, 0.15) is 0 Å². The molecule has 0 saturated carbocycles. The summed E-state index contributed by atoms with van der Waals surface area (Å²) in [7, 11) is 0. The normalized spacial score (nSPS) is 12.9. The number of hydrogen-bond donors (Lipinski definition) is 2. The number of aliphatic hydroxyl groups is 1. The Bertz CT molecular complexity index is 295. The number of nitrogens with two attached hydrogens (primary N) is 1. The van der Waals surface area contributed by atoms with Crippen molar-refractivity contribution in [1.29, 1.82) is 0 Å². The van der Waals surface area contributed by atoms with E-state index in [0.717, 1.165) is 0 Å². The van der Waals surface area contributed by atoms with Crippen LogP contribution in [0.1, 0.15) is 18.1 Å². The summed E-state index contributed by atoms with van der Waals surface area (Å²) >= 11 is 11.3. The standard InChI is InChI=1S/C7H9Cl2N3O/c8-6-3-4(5(13)1-2-10)7(9)12-11-6/h3,5,13H,1-2,10H2/t5-/m1/s1. The van der Waals surface area contributed by atoms with Crippen LogP contribution in [0.3, 0.4) is 0 Å². The molecule has 0 unspecified atom stereocenters. The molecule has 4 nitrogen and oxygen atoms in total. The molecular formula is C7H9Cl2N3O. The van der Waals surface area contributed by atoms with E-state index in [9.17, 15) is 5.11 Å². The van der Waals surface area contributed by atoms with Crippen molar-refractivity contribution in [2.75, 3.05) is 6.54 Å². The first-order valence-electron chi connectivity index (χ1n) is 3.72. The first kappa shape index (κ1) is 10.7. The predicted octanol–water partition coefficient (Wildman–Crippen LogP) is 1.17. The maximum atomic E-state index is 9.53. The molecule has 13 heavy (non-hydrogen) atoms. The molecule has 72 valence electrons. The number of aromatic nitrogens is 2. The van der Waals surface area contributed by atoms with Gasteiger partial charge in [0.05, 0.1) is 6.10 Å². The van der Waals surface area contributed by atoms with E-state index in [4.69, 9.17) is 28.9 Å². The number of aliphatic hydroxyl groups excluding tert-OH is 1. The summed E-state index contributed by atoms with van der Waals surface area (Å²) < 4.78 is 0. The zero-order valence-electron chi connectivity index (χ0n) is 6.74. The van der Waals surface area contributed by atoms with E-state index >= 15 is 0 Å². The second kappa shape index (κ2) is 4.72. The van der Waals surface area contributed by atoms with Crippen LogP contribution in [0.5, 0.6) is 0 Å². The molecule has 1 atom stereocenters. The van der Waals surface area contributed by atoms with Gasteiger partial charge < -0.3 is 10.8 Å². The van der Waals surface area contributed by atoms with Gasteiger partial charge in [0.25, 0.3) is 0 Å². The van der Waals surface area contributed by atoms with Crippen LogP contribution in [0.4, 0.5) is 0 Å². The minimum atomic E-state index is -0.731. The minimum absolute atomic E-state index is 0.158. The van der Waals surface area contributed by atoms with Crippen LogP contribution < -0.4 is 5.73 Å². The maximum Gasteiger partial charge on any atom is 0.157 e. The van der Waals surface area contributed by atoms with Crippen LogP contribution in [-0.4, -0.2) is 21.8 Å². The summed E-state index contributed by atoms with van der Waals surface area (Å²) in [5.74, 6) is 0. The molecule has 1 aromatic rings. The van der Waals surface area contributed by atoms with E-state index in [1.807, 2.05) is 0 Å². The Balaban J connectivity index is 2.91. The van der Waals surface area contributed by atoms with Crippen molar-refractivity contribution < 1.29 is 5.11 Å². The molecule has 0 saturated heterocycles. The van der Waals surface area contributed by atoms with Crippen LogP contribution in [0.25, 0.3) is 0 Å². The van der Waals surface area contributed by atoms with Crippen molar-refractivity contribution in [3.05, 3.63) is 21.9 Å². The molecule has 0 fully saturated rings. The average Bonchev–Trinajstić information content (AvgIpc) is 2.09. The Morgan fingerprint density at radius 1 is 1.46 bits per heavy atom. The van der Waals surface area contributed by atoms with E-state index in [1.54, 1.807) is 0 Å². The van der Waals surface area contributed by atoms with E-state index in [0.29, 0.717) is 18.5 Å². The van der Waals surface area contributed by atoms with Gasteiger partial charge in [-0.1, -0.05) is 23.2 Å². The van der Waals surface area contributed by atoms with E-state index in [1.165, 1.54) is 6.07 Å². The maximum absolute atomic E-state index is 9.53. The molecule has 0 aliphatic carbocycles. The first-order valence-corrected chi connectivity index (χ1v) is 4.47. The Labute approximate surface area is 85.7 Å². The van der Waals surface area contributed by atoms with Crippen molar-refractivity contribution in [2.45, 2.75) is 12.5 Å². The molecule has 3 N–H and O–H groups in total. The second-order valence-electron chi connectivity index (χ2n) is 2.51. The summed E-state index contributed by atoms with van der Waals surface area (Å²) in [5.41, 5.74) is 5.75. The van der Waals surface area contributed by atoms with Gasteiger partial charge in [0, 0.05) is 5.56 Å². The van der Waals surface area contributed by atoms with Gasteiger partial charge >= 0.3 is 0 Å². The van der Waals surface area contributed by atoms with Gasteiger partial charge in [-0.15, -0.1) is 10.2 Å². The fourth-order valence-electron chi connectivity index (χ4n) is 0.913. The molecule has 1 aromatic heterocycles. The lowest BCUT2D eigenvalue weighted by Gasteiger charge is -2.09. The topological polar surface area (TPSA) is 72.0 Å². The van der Waals surface area contributed by atoms with Crippen LogP contribution in [0, 0.1) is 0 Å². The van der Waals surface area contributed by atoms with Crippen LogP contribution >= 0.6 is 23.2 Å². The summed E-state index contributed by atoms with van der Waals surface area (Å²) in [5, 5.41) is 17.0. The highest BCUT2D eigenvalue weighted by Crippen LogP contribution is 2.24. The summed E-state index contributed by atoms with van der Waals surface area (Å²) in [4.78, 5) is 0. The lowest BCUT2D eigenvalue weighted by Crippen LogP contribution is -2.08. The minimum Gasteiger partial charge on any atom is -0.388 e. The highest BCUT2D eigenvalue weighted by molar-refractivity contribution is 6.31. The van der Waals surface area contributed by atoms with Gasteiger partial charge in [-0.05, 0) is 19.0 Å². The molecule has 0 spiro atoms. The molecule has 0 aliphatic heterocycles. The molecule has 1 rings (SSSR count). The fourth-order valence-corrected chi connectivity index (χ4v) is 1.29. The zero-order chi connectivity index (χ0) is 9.84. The van der Waals surface area contributed by atoms with Crippen molar-refractivity contribution in [3.8, 4) is 0 Å². The van der Waals surface area contributed by atoms with E-state index < -0.39 is 6.10 Å². The van der Waals surface area contributed by atoms with Gasteiger partial charge in [0.2, 0.25) is 0 Å². The lowest BCUT2D eigenvalue weighted by molar-refractivity contribution is 0.170. The smallest absolute Gasteiger partial charge is 0.157 e. The van der Waals surface area contributed by atoms with Gasteiger partial charge in [-0.3, -0.25) is 0 Å². The number of halogens is 2.